The van der Waals surface area contributed by atoms with Crippen molar-refractivity contribution >= 4 is 16.9 Å². The van der Waals surface area contributed by atoms with Crippen LogP contribution in [0, 0.1) is 13.8 Å². The highest BCUT2D eigenvalue weighted by molar-refractivity contribution is 5.85. The first-order valence-electron chi connectivity index (χ1n) is 6.36. The van der Waals surface area contributed by atoms with Gasteiger partial charge in [0, 0.05) is 16.5 Å². The van der Waals surface area contributed by atoms with Crippen molar-refractivity contribution in [3.8, 4) is 5.75 Å². The van der Waals surface area contributed by atoms with Crippen molar-refractivity contribution in [2.45, 2.75) is 27.2 Å². The summed E-state index contributed by atoms with van der Waals surface area (Å²) in [4.78, 5) is 22.5. The van der Waals surface area contributed by atoms with Gasteiger partial charge in [-0.25, -0.2) is 9.59 Å². The third-order valence-electron chi connectivity index (χ3n) is 3.36. The van der Waals surface area contributed by atoms with Crippen molar-refractivity contribution in [3.63, 3.8) is 0 Å². The van der Waals surface area contributed by atoms with E-state index in [9.17, 15) is 9.59 Å². The number of carboxylic acid groups (broad SMARTS) is 1. The van der Waals surface area contributed by atoms with E-state index in [-0.39, 0.29) is 5.63 Å². The third kappa shape index (κ3) is 2.39. The van der Waals surface area contributed by atoms with Crippen molar-refractivity contribution in [3.05, 3.63) is 39.2 Å². The molecule has 5 heteroatoms. The Kier molecular flexibility index (Phi) is 3.79. The van der Waals surface area contributed by atoms with Gasteiger partial charge >= 0.3 is 11.6 Å². The Labute approximate surface area is 115 Å². The van der Waals surface area contributed by atoms with E-state index < -0.39 is 12.6 Å². The third-order valence-corrected chi connectivity index (χ3v) is 3.36. The lowest BCUT2D eigenvalue weighted by molar-refractivity contribution is -0.139. The van der Waals surface area contributed by atoms with Gasteiger partial charge in [-0.1, -0.05) is 6.92 Å². The van der Waals surface area contributed by atoms with Gasteiger partial charge in [0.2, 0.25) is 0 Å². The van der Waals surface area contributed by atoms with Crippen LogP contribution in [0.4, 0.5) is 0 Å². The van der Waals surface area contributed by atoms with E-state index in [1.165, 1.54) is 0 Å². The summed E-state index contributed by atoms with van der Waals surface area (Å²) < 4.78 is 10.5. The summed E-state index contributed by atoms with van der Waals surface area (Å²) >= 11 is 0. The largest absolute Gasteiger partial charge is 0.481 e. The Morgan fingerprint density at radius 3 is 2.60 bits per heavy atom. The summed E-state index contributed by atoms with van der Waals surface area (Å²) in [5.74, 6) is -0.643. The zero-order chi connectivity index (χ0) is 14.9. The lowest BCUT2D eigenvalue weighted by atomic mass is 10.0. The molecule has 1 heterocycles. The molecule has 0 aliphatic rings. The second-order valence-electron chi connectivity index (χ2n) is 4.59. The first-order chi connectivity index (χ1) is 9.45. The van der Waals surface area contributed by atoms with Crippen LogP contribution in [0.3, 0.4) is 0 Å². The maximum absolute atomic E-state index is 11.9. The zero-order valence-corrected chi connectivity index (χ0v) is 11.6. The summed E-state index contributed by atoms with van der Waals surface area (Å²) in [5.41, 5.74) is 2.29. The van der Waals surface area contributed by atoms with Gasteiger partial charge in [-0.3, -0.25) is 0 Å². The van der Waals surface area contributed by atoms with E-state index in [4.69, 9.17) is 14.3 Å². The fourth-order valence-corrected chi connectivity index (χ4v) is 2.28. The molecular weight excluding hydrogens is 260 g/mol. The summed E-state index contributed by atoms with van der Waals surface area (Å²) in [5, 5.41) is 9.49. The van der Waals surface area contributed by atoms with Crippen molar-refractivity contribution in [2.24, 2.45) is 0 Å². The van der Waals surface area contributed by atoms with Gasteiger partial charge in [-0.2, -0.15) is 0 Å². The Hall–Kier alpha value is -2.30. The highest BCUT2D eigenvalue weighted by Gasteiger charge is 2.14. The molecule has 0 spiro atoms. The molecule has 0 fully saturated rings. The number of carbonyl (C=O) groups is 1. The van der Waals surface area contributed by atoms with E-state index in [1.54, 1.807) is 19.1 Å². The maximum Gasteiger partial charge on any atom is 0.341 e. The number of rotatable bonds is 4. The first-order valence-corrected chi connectivity index (χ1v) is 6.36. The van der Waals surface area contributed by atoms with Crippen LogP contribution in [-0.4, -0.2) is 17.7 Å². The quantitative estimate of drug-likeness (QED) is 0.868. The minimum absolute atomic E-state index is 0.351. The molecule has 2 rings (SSSR count). The number of aryl methyl sites for hydroxylation is 2. The van der Waals surface area contributed by atoms with Gasteiger partial charge < -0.3 is 14.3 Å². The number of aliphatic carboxylic acids is 1. The van der Waals surface area contributed by atoms with Gasteiger partial charge in [-0.05, 0) is 38.0 Å². The second-order valence-corrected chi connectivity index (χ2v) is 4.59. The van der Waals surface area contributed by atoms with Crippen LogP contribution in [-0.2, 0) is 11.2 Å². The molecule has 0 saturated heterocycles. The van der Waals surface area contributed by atoms with Crippen LogP contribution in [0.1, 0.15) is 23.6 Å². The molecule has 0 saturated carbocycles. The summed E-state index contributed by atoms with van der Waals surface area (Å²) in [6, 6.07) is 3.49. The van der Waals surface area contributed by atoms with Crippen molar-refractivity contribution < 1.29 is 19.1 Å². The molecule has 0 unspecified atom stereocenters. The number of benzene rings is 1. The predicted octanol–water partition coefficient (Wildman–Crippen LogP) is 2.44. The monoisotopic (exact) mass is 276 g/mol. The smallest absolute Gasteiger partial charge is 0.341 e. The SMILES string of the molecule is CCc1c(C)c2ccc(OCC(=O)O)c(C)c2oc1=O. The average Bonchev–Trinajstić information content (AvgIpc) is 2.39. The Morgan fingerprint density at radius 1 is 1.30 bits per heavy atom. The molecule has 1 aromatic carbocycles. The van der Waals surface area contributed by atoms with E-state index in [0.717, 1.165) is 10.9 Å². The highest BCUT2D eigenvalue weighted by Crippen LogP contribution is 2.29. The number of fused-ring (bicyclic) bond motifs is 1. The van der Waals surface area contributed by atoms with Crippen LogP contribution in [0.2, 0.25) is 0 Å². The number of carboxylic acids is 1. The van der Waals surface area contributed by atoms with Gasteiger partial charge in [0.1, 0.15) is 11.3 Å². The molecule has 0 aliphatic carbocycles. The second kappa shape index (κ2) is 5.36. The van der Waals surface area contributed by atoms with Crippen molar-refractivity contribution in [1.82, 2.24) is 0 Å². The predicted molar refractivity (Wildman–Crippen MR) is 74.5 cm³/mol. The molecule has 0 aliphatic heterocycles. The van der Waals surface area contributed by atoms with Gasteiger partial charge in [0.05, 0.1) is 0 Å². The molecule has 0 amide bonds. The fraction of sp³-hybridized carbons (Fsp3) is 0.333. The molecule has 2 aromatic rings. The van der Waals surface area contributed by atoms with E-state index in [0.29, 0.717) is 28.9 Å². The zero-order valence-electron chi connectivity index (χ0n) is 11.6. The topological polar surface area (TPSA) is 76.7 Å². The van der Waals surface area contributed by atoms with Crippen LogP contribution in [0.25, 0.3) is 11.0 Å². The molecule has 5 nitrogen and oxygen atoms in total. The minimum atomic E-state index is -1.05. The van der Waals surface area contributed by atoms with Crippen molar-refractivity contribution in [2.75, 3.05) is 6.61 Å². The number of ether oxygens (including phenoxy) is 1. The number of hydrogen-bond acceptors (Lipinski definition) is 4. The lowest BCUT2D eigenvalue weighted by Gasteiger charge is -2.11. The summed E-state index contributed by atoms with van der Waals surface area (Å²) in [7, 11) is 0. The maximum atomic E-state index is 11.9. The van der Waals surface area contributed by atoms with Crippen LogP contribution in [0.5, 0.6) is 5.75 Å². The molecule has 20 heavy (non-hydrogen) atoms. The van der Waals surface area contributed by atoms with Gasteiger partial charge in [-0.15, -0.1) is 0 Å². The Balaban J connectivity index is 2.62. The summed E-state index contributed by atoms with van der Waals surface area (Å²) in [6.45, 7) is 5.10. The first kappa shape index (κ1) is 14.1. The standard InChI is InChI=1S/C15H16O5/c1-4-10-8(2)11-5-6-12(19-7-13(16)17)9(3)14(11)20-15(10)18/h5-6H,4,7H2,1-3H3,(H,16,17). The molecule has 1 N–H and O–H groups in total. The van der Waals surface area contributed by atoms with Crippen LogP contribution < -0.4 is 10.4 Å². The molecule has 0 atom stereocenters. The van der Waals surface area contributed by atoms with E-state index in [2.05, 4.69) is 0 Å². The molecule has 1 aromatic heterocycles. The van der Waals surface area contributed by atoms with E-state index >= 15 is 0 Å². The summed E-state index contributed by atoms with van der Waals surface area (Å²) in [6.07, 6.45) is 0.612. The van der Waals surface area contributed by atoms with E-state index in [1.807, 2.05) is 13.8 Å². The fourth-order valence-electron chi connectivity index (χ4n) is 2.28. The Morgan fingerprint density at radius 2 is 2.00 bits per heavy atom. The van der Waals surface area contributed by atoms with Gasteiger partial charge in [0.25, 0.3) is 0 Å². The number of hydrogen-bond donors (Lipinski definition) is 1. The van der Waals surface area contributed by atoms with Crippen LogP contribution >= 0.6 is 0 Å². The highest BCUT2D eigenvalue weighted by atomic mass is 16.5. The van der Waals surface area contributed by atoms with Gasteiger partial charge in [0.15, 0.2) is 6.61 Å². The van der Waals surface area contributed by atoms with Crippen LogP contribution in [0.15, 0.2) is 21.3 Å². The lowest BCUT2D eigenvalue weighted by Crippen LogP contribution is -2.12. The molecule has 0 bridgehead atoms. The minimum Gasteiger partial charge on any atom is -0.481 e. The molecule has 0 radical (unpaired) electrons. The van der Waals surface area contributed by atoms with Crippen molar-refractivity contribution in [1.29, 1.82) is 0 Å². The average molecular weight is 276 g/mol. The molecular formula is C15H16O5. The normalized spacial score (nSPS) is 10.8. The Bertz CT molecular complexity index is 727. The molecule has 106 valence electrons.